The molecule has 1 aliphatic heterocycles. The van der Waals surface area contributed by atoms with Crippen LogP contribution in [-0.2, 0) is 7.05 Å². The number of halogens is 1. The quantitative estimate of drug-likeness (QED) is 0.403. The molecular weight excluding hydrogens is 498 g/mol. The zero-order valence-electron chi connectivity index (χ0n) is 19.8. The summed E-state index contributed by atoms with van der Waals surface area (Å²) in [6.07, 6.45) is 0.479. The van der Waals surface area contributed by atoms with Gasteiger partial charge >= 0.3 is 6.09 Å². The van der Waals surface area contributed by atoms with E-state index >= 15 is 0 Å². The molecule has 6 rings (SSSR count). The lowest BCUT2D eigenvalue weighted by atomic mass is 10.1. The lowest BCUT2D eigenvalue weighted by molar-refractivity contribution is 0.0700. The van der Waals surface area contributed by atoms with E-state index in [2.05, 4.69) is 15.4 Å². The van der Waals surface area contributed by atoms with Crippen LogP contribution in [0.15, 0.2) is 48.5 Å². The average Bonchev–Trinajstić information content (AvgIpc) is 3.21. The smallest absolute Gasteiger partial charge is 0.389 e. The summed E-state index contributed by atoms with van der Waals surface area (Å²) in [5.74, 6) is 0.987. The number of nitrogens with one attached hydrogen (secondary N) is 1. The monoisotopic (exact) mass is 521 g/mol. The van der Waals surface area contributed by atoms with Gasteiger partial charge in [-0.1, -0.05) is 35.9 Å². The molecule has 3 heterocycles. The first-order valence-electron chi connectivity index (χ1n) is 11.8. The number of hydrogen-bond acceptors (Lipinski definition) is 6. The van der Waals surface area contributed by atoms with E-state index in [1.165, 1.54) is 11.3 Å². The molecular formula is C26H24ClN5O3S. The van der Waals surface area contributed by atoms with Crippen molar-refractivity contribution in [3.05, 3.63) is 64.3 Å². The number of likely N-dealkylation sites (tertiary alicyclic amines) is 1. The largest absolute Gasteiger partial charge is 0.414 e. The van der Waals surface area contributed by atoms with Gasteiger partial charge in [0.2, 0.25) is 0 Å². The molecule has 3 atom stereocenters. The van der Waals surface area contributed by atoms with Crippen molar-refractivity contribution in [2.24, 2.45) is 18.9 Å². The summed E-state index contributed by atoms with van der Waals surface area (Å²) >= 11 is 7.69. The minimum Gasteiger partial charge on any atom is -0.389 e. The van der Waals surface area contributed by atoms with E-state index in [1.54, 1.807) is 11.7 Å². The van der Waals surface area contributed by atoms with Gasteiger partial charge < -0.3 is 15.0 Å². The first kappa shape index (κ1) is 23.0. The SMILES string of the molecule is Cc1nc(C(=O)N2C[C@@H]3C[C@@H]3[C@H]2CNC(=O)Oc2nn(C)c3ccccc23)c(-c2cccc(Cl)c2)s1. The van der Waals surface area contributed by atoms with Gasteiger partial charge in [0, 0.05) is 25.2 Å². The van der Waals surface area contributed by atoms with Crippen LogP contribution >= 0.6 is 22.9 Å². The molecule has 1 saturated heterocycles. The molecule has 36 heavy (non-hydrogen) atoms. The molecule has 8 nitrogen and oxygen atoms in total. The highest BCUT2D eigenvalue weighted by molar-refractivity contribution is 7.15. The van der Waals surface area contributed by atoms with Gasteiger partial charge in [0.1, 0.15) is 5.69 Å². The Morgan fingerprint density at radius 1 is 1.22 bits per heavy atom. The highest BCUT2D eigenvalue weighted by Gasteiger charge is 2.54. The number of aromatic nitrogens is 3. The fourth-order valence-corrected chi connectivity index (χ4v) is 6.26. The zero-order valence-corrected chi connectivity index (χ0v) is 21.3. The molecule has 0 radical (unpaired) electrons. The van der Waals surface area contributed by atoms with Gasteiger partial charge in [0.15, 0.2) is 0 Å². The summed E-state index contributed by atoms with van der Waals surface area (Å²) in [7, 11) is 1.81. The van der Waals surface area contributed by atoms with Crippen LogP contribution in [0.3, 0.4) is 0 Å². The fraction of sp³-hybridized carbons (Fsp3) is 0.308. The van der Waals surface area contributed by atoms with Gasteiger partial charge in [-0.3, -0.25) is 9.48 Å². The van der Waals surface area contributed by atoms with Gasteiger partial charge in [0.25, 0.3) is 11.8 Å². The number of carbonyl (C=O) groups is 2. The normalized spacial score (nSPS) is 20.4. The third-order valence-electron chi connectivity index (χ3n) is 6.96. The molecule has 0 bridgehead atoms. The molecule has 2 fully saturated rings. The lowest BCUT2D eigenvalue weighted by Crippen LogP contribution is -2.46. The van der Waals surface area contributed by atoms with Crippen LogP contribution < -0.4 is 10.1 Å². The minimum absolute atomic E-state index is 0.107. The minimum atomic E-state index is -0.584. The highest BCUT2D eigenvalue weighted by Crippen LogP contribution is 2.50. The Morgan fingerprint density at radius 2 is 2.06 bits per heavy atom. The third-order valence-corrected chi connectivity index (χ3v) is 8.21. The van der Waals surface area contributed by atoms with Crippen molar-refractivity contribution in [2.45, 2.75) is 19.4 Å². The molecule has 10 heteroatoms. The Balaban J connectivity index is 1.18. The summed E-state index contributed by atoms with van der Waals surface area (Å²) in [5, 5.41) is 9.37. The number of hydrogen-bond donors (Lipinski definition) is 1. The van der Waals surface area contributed by atoms with Crippen molar-refractivity contribution in [3.8, 4) is 16.3 Å². The van der Waals surface area contributed by atoms with E-state index in [0.29, 0.717) is 35.6 Å². The summed E-state index contributed by atoms with van der Waals surface area (Å²) in [5.41, 5.74) is 2.19. The summed E-state index contributed by atoms with van der Waals surface area (Å²) in [6, 6.07) is 14.9. The number of thiazole rings is 1. The van der Waals surface area contributed by atoms with Gasteiger partial charge in [0.05, 0.1) is 26.8 Å². The lowest BCUT2D eigenvalue weighted by Gasteiger charge is -2.27. The molecule has 2 amide bonds. The summed E-state index contributed by atoms with van der Waals surface area (Å²) < 4.78 is 7.20. The van der Waals surface area contributed by atoms with Crippen LogP contribution in [0.2, 0.25) is 5.02 Å². The molecule has 4 aromatic rings. The van der Waals surface area contributed by atoms with Crippen LogP contribution in [0.1, 0.15) is 21.9 Å². The topological polar surface area (TPSA) is 89.3 Å². The van der Waals surface area contributed by atoms with Gasteiger partial charge in [-0.05, 0) is 55.0 Å². The second kappa shape index (κ2) is 8.90. The second-order valence-electron chi connectivity index (χ2n) is 9.32. The predicted molar refractivity (Wildman–Crippen MR) is 138 cm³/mol. The maximum atomic E-state index is 13.7. The Labute approximate surface area is 216 Å². The van der Waals surface area contributed by atoms with Crippen molar-refractivity contribution in [3.63, 3.8) is 0 Å². The Kier molecular flexibility index (Phi) is 5.69. The maximum Gasteiger partial charge on any atom is 0.414 e. The number of piperidine rings is 1. The van der Waals surface area contributed by atoms with Crippen LogP contribution in [-0.4, -0.2) is 50.8 Å². The zero-order chi connectivity index (χ0) is 25.0. The molecule has 0 unspecified atom stereocenters. The molecule has 1 saturated carbocycles. The second-order valence-corrected chi connectivity index (χ2v) is 11.0. The van der Waals surface area contributed by atoms with Gasteiger partial charge in [-0.15, -0.1) is 16.4 Å². The van der Waals surface area contributed by atoms with E-state index in [4.69, 9.17) is 16.3 Å². The Morgan fingerprint density at radius 3 is 2.89 bits per heavy atom. The average molecular weight is 522 g/mol. The Bertz CT molecular complexity index is 1500. The fourth-order valence-electron chi connectivity index (χ4n) is 5.17. The van der Waals surface area contributed by atoms with Crippen molar-refractivity contribution in [2.75, 3.05) is 13.1 Å². The molecule has 2 aromatic heterocycles. The number of benzene rings is 2. The van der Waals surface area contributed by atoms with E-state index in [0.717, 1.165) is 32.8 Å². The number of aryl methyl sites for hydroxylation is 2. The standard InChI is InChI=1S/C26H24ClN5O3S/c1-14-29-22(23(36-14)15-6-5-7-17(27)10-15)25(33)32-13-16-11-19(16)21(32)12-28-26(34)35-24-18-8-3-4-9-20(18)31(2)30-24/h3-10,16,19,21H,11-13H2,1-2H3,(H,28,34)/t16-,19-,21+/m0/s1. The summed E-state index contributed by atoms with van der Waals surface area (Å²) in [6.45, 7) is 2.88. The predicted octanol–water partition coefficient (Wildman–Crippen LogP) is 4.91. The van der Waals surface area contributed by atoms with Crippen LogP contribution in [0.4, 0.5) is 4.79 Å². The number of fused-ring (bicyclic) bond motifs is 2. The van der Waals surface area contributed by atoms with E-state index < -0.39 is 6.09 Å². The molecule has 0 spiro atoms. The van der Waals surface area contributed by atoms with Crippen LogP contribution in [0.25, 0.3) is 21.3 Å². The molecule has 184 valence electrons. The number of rotatable bonds is 5. The van der Waals surface area contributed by atoms with E-state index in [9.17, 15) is 9.59 Å². The highest BCUT2D eigenvalue weighted by atomic mass is 35.5. The maximum absolute atomic E-state index is 13.7. The molecule has 1 aliphatic carbocycles. The van der Waals surface area contributed by atoms with Crippen molar-refractivity contribution >= 4 is 45.8 Å². The first-order chi connectivity index (χ1) is 17.4. The van der Waals surface area contributed by atoms with Crippen molar-refractivity contribution in [1.82, 2.24) is 25.0 Å². The molecule has 1 N–H and O–H groups in total. The first-order valence-corrected chi connectivity index (χ1v) is 13.0. The molecule has 2 aromatic carbocycles. The number of amides is 2. The van der Waals surface area contributed by atoms with Gasteiger partial charge in [-0.2, -0.15) is 0 Å². The van der Waals surface area contributed by atoms with Gasteiger partial charge in [-0.25, -0.2) is 9.78 Å². The summed E-state index contributed by atoms with van der Waals surface area (Å²) in [4.78, 5) is 33.6. The number of carbonyl (C=O) groups excluding carboxylic acids is 2. The number of para-hydroxylation sites is 1. The Hall–Kier alpha value is -3.43. The number of nitrogens with zero attached hydrogens (tertiary/aromatic N) is 4. The van der Waals surface area contributed by atoms with Crippen LogP contribution in [0.5, 0.6) is 5.88 Å². The van der Waals surface area contributed by atoms with E-state index in [-0.39, 0.29) is 17.8 Å². The van der Waals surface area contributed by atoms with Crippen molar-refractivity contribution in [1.29, 1.82) is 0 Å². The van der Waals surface area contributed by atoms with E-state index in [1.807, 2.05) is 60.4 Å². The third kappa shape index (κ3) is 4.12. The van der Waals surface area contributed by atoms with Crippen LogP contribution in [0, 0.1) is 18.8 Å². The molecule has 2 aliphatic rings. The van der Waals surface area contributed by atoms with Crippen molar-refractivity contribution < 1.29 is 14.3 Å². The number of ether oxygens (including phenoxy) is 1.